The SMILES string of the molecule is CC(C)c1c(-c2ccc3ncnn3c2)[nH]c2ccc(C3CCN(Cc4cncs4)CC3)cc12. The molecule has 6 nitrogen and oxygen atoms in total. The average Bonchev–Trinajstić information content (AvgIpc) is 3.58. The van der Waals surface area contributed by atoms with Gasteiger partial charge in [-0.3, -0.25) is 9.88 Å². The van der Waals surface area contributed by atoms with Crippen LogP contribution in [0.25, 0.3) is 27.8 Å². The van der Waals surface area contributed by atoms with Gasteiger partial charge in [0.1, 0.15) is 6.33 Å². The monoisotopic (exact) mass is 456 g/mol. The van der Waals surface area contributed by atoms with Crippen LogP contribution in [0.4, 0.5) is 0 Å². The topological polar surface area (TPSA) is 62.1 Å². The molecule has 0 aliphatic carbocycles. The second-order valence-electron chi connectivity index (χ2n) is 9.37. The number of hydrogen-bond acceptors (Lipinski definition) is 5. The van der Waals surface area contributed by atoms with Crippen molar-refractivity contribution in [1.29, 1.82) is 0 Å². The first-order chi connectivity index (χ1) is 16.2. The number of likely N-dealkylation sites (tertiary alicyclic amines) is 1. The number of thiazole rings is 1. The molecule has 0 unspecified atom stereocenters. The lowest BCUT2D eigenvalue weighted by atomic mass is 9.87. The fourth-order valence-electron chi connectivity index (χ4n) is 5.24. The van der Waals surface area contributed by atoms with E-state index in [2.05, 4.69) is 69.3 Å². The predicted molar refractivity (Wildman–Crippen MR) is 134 cm³/mol. The Kier molecular flexibility index (Phi) is 5.23. The summed E-state index contributed by atoms with van der Waals surface area (Å²) in [5.41, 5.74) is 9.19. The highest BCUT2D eigenvalue weighted by Crippen LogP contribution is 2.38. The number of pyridine rings is 1. The standard InChI is InChI=1S/C26H28N6S/c1-17(2)25-22-11-19(18-7-9-31(10-8-18)14-21-12-27-16-33-21)3-5-23(22)30-26(25)20-4-6-24-28-15-29-32(24)13-20/h3-6,11-13,15-18,30H,7-10,14H2,1-2H3. The van der Waals surface area contributed by atoms with Gasteiger partial charge in [-0.1, -0.05) is 19.9 Å². The molecule has 5 heterocycles. The summed E-state index contributed by atoms with van der Waals surface area (Å²) in [7, 11) is 0. The van der Waals surface area contributed by atoms with Gasteiger partial charge in [-0.25, -0.2) is 9.50 Å². The maximum absolute atomic E-state index is 4.32. The third-order valence-electron chi connectivity index (χ3n) is 6.92. The number of benzene rings is 1. The number of H-pyrrole nitrogens is 1. The molecule has 5 aromatic rings. The highest BCUT2D eigenvalue weighted by atomic mass is 32.1. The smallest absolute Gasteiger partial charge is 0.155 e. The Bertz CT molecular complexity index is 1390. The summed E-state index contributed by atoms with van der Waals surface area (Å²) in [6.07, 6.45) is 8.09. The Morgan fingerprint density at radius 1 is 1.15 bits per heavy atom. The highest BCUT2D eigenvalue weighted by Gasteiger charge is 2.23. The minimum atomic E-state index is 0.414. The second-order valence-corrected chi connectivity index (χ2v) is 10.3. The minimum Gasteiger partial charge on any atom is -0.354 e. The van der Waals surface area contributed by atoms with Gasteiger partial charge in [0.15, 0.2) is 5.65 Å². The van der Waals surface area contributed by atoms with E-state index in [-0.39, 0.29) is 0 Å². The maximum atomic E-state index is 4.32. The predicted octanol–water partition coefficient (Wildman–Crippen LogP) is 5.84. The number of aromatic amines is 1. The molecule has 1 aliphatic rings. The van der Waals surface area contributed by atoms with Gasteiger partial charge in [0.2, 0.25) is 0 Å². The normalized spacial score (nSPS) is 15.8. The Morgan fingerprint density at radius 2 is 2.03 bits per heavy atom. The van der Waals surface area contributed by atoms with Gasteiger partial charge < -0.3 is 4.98 Å². The van der Waals surface area contributed by atoms with E-state index >= 15 is 0 Å². The average molecular weight is 457 g/mol. The molecule has 0 spiro atoms. The number of nitrogens with one attached hydrogen (secondary N) is 1. The molecule has 1 saturated heterocycles. The summed E-state index contributed by atoms with van der Waals surface area (Å²) in [4.78, 5) is 16.1. The van der Waals surface area contributed by atoms with E-state index in [1.54, 1.807) is 17.7 Å². The van der Waals surface area contributed by atoms with Crippen molar-refractivity contribution >= 4 is 27.9 Å². The molecular formula is C26H28N6S. The van der Waals surface area contributed by atoms with E-state index in [0.29, 0.717) is 11.8 Å². The Morgan fingerprint density at radius 3 is 2.82 bits per heavy atom. The first-order valence-electron chi connectivity index (χ1n) is 11.7. The van der Waals surface area contributed by atoms with Crippen molar-refractivity contribution in [2.24, 2.45) is 0 Å². The van der Waals surface area contributed by atoms with Crippen molar-refractivity contribution in [1.82, 2.24) is 29.5 Å². The summed E-state index contributed by atoms with van der Waals surface area (Å²) in [5, 5.41) is 5.67. The summed E-state index contributed by atoms with van der Waals surface area (Å²) in [5.74, 6) is 1.04. The van der Waals surface area contributed by atoms with Crippen LogP contribution in [-0.4, -0.2) is 42.6 Å². The summed E-state index contributed by atoms with van der Waals surface area (Å²) in [6, 6.07) is 11.2. The summed E-state index contributed by atoms with van der Waals surface area (Å²) >= 11 is 1.76. The number of aromatic nitrogens is 5. The van der Waals surface area contributed by atoms with Crippen LogP contribution in [0.1, 0.15) is 54.5 Å². The molecule has 0 saturated carbocycles. The molecular weight excluding hydrogens is 428 g/mol. The Hall–Kier alpha value is -3.03. The molecule has 1 fully saturated rings. The second kappa shape index (κ2) is 8.39. The van der Waals surface area contributed by atoms with Crippen molar-refractivity contribution in [2.75, 3.05) is 13.1 Å². The number of fused-ring (bicyclic) bond motifs is 2. The molecule has 7 heteroatoms. The van der Waals surface area contributed by atoms with Crippen molar-refractivity contribution in [3.63, 3.8) is 0 Å². The van der Waals surface area contributed by atoms with Crippen LogP contribution in [-0.2, 0) is 6.54 Å². The van der Waals surface area contributed by atoms with Crippen LogP contribution in [0.3, 0.4) is 0 Å². The number of piperidine rings is 1. The van der Waals surface area contributed by atoms with Crippen LogP contribution in [0.15, 0.2) is 54.6 Å². The molecule has 33 heavy (non-hydrogen) atoms. The zero-order chi connectivity index (χ0) is 22.4. The van der Waals surface area contributed by atoms with E-state index < -0.39 is 0 Å². The third-order valence-corrected chi connectivity index (χ3v) is 7.69. The molecule has 1 aromatic carbocycles. The van der Waals surface area contributed by atoms with E-state index in [1.165, 1.54) is 45.4 Å². The quantitative estimate of drug-likeness (QED) is 0.361. The minimum absolute atomic E-state index is 0.414. The van der Waals surface area contributed by atoms with Gasteiger partial charge in [-0.05, 0) is 73.2 Å². The van der Waals surface area contributed by atoms with Crippen molar-refractivity contribution in [2.45, 2.75) is 45.1 Å². The zero-order valence-electron chi connectivity index (χ0n) is 19.0. The number of rotatable bonds is 5. The lowest BCUT2D eigenvalue weighted by Gasteiger charge is -2.31. The number of nitrogens with zero attached hydrogens (tertiary/aromatic N) is 5. The number of hydrogen-bond donors (Lipinski definition) is 1. The molecule has 0 bridgehead atoms. The highest BCUT2D eigenvalue weighted by molar-refractivity contribution is 7.09. The Balaban J connectivity index is 1.30. The summed E-state index contributed by atoms with van der Waals surface area (Å²) < 4.78 is 1.84. The van der Waals surface area contributed by atoms with Crippen LogP contribution in [0, 0.1) is 0 Å². The molecule has 0 amide bonds. The van der Waals surface area contributed by atoms with E-state index in [4.69, 9.17) is 0 Å². The fraction of sp³-hybridized carbons (Fsp3) is 0.346. The van der Waals surface area contributed by atoms with Gasteiger partial charge in [-0.15, -0.1) is 11.3 Å². The summed E-state index contributed by atoms with van der Waals surface area (Å²) in [6.45, 7) is 7.89. The maximum Gasteiger partial charge on any atom is 0.155 e. The molecule has 0 radical (unpaired) electrons. The molecule has 1 N–H and O–H groups in total. The van der Waals surface area contributed by atoms with Gasteiger partial charge >= 0.3 is 0 Å². The van der Waals surface area contributed by atoms with Crippen molar-refractivity contribution in [3.05, 3.63) is 70.6 Å². The van der Waals surface area contributed by atoms with Crippen LogP contribution in [0.5, 0.6) is 0 Å². The zero-order valence-corrected chi connectivity index (χ0v) is 19.8. The van der Waals surface area contributed by atoms with Crippen LogP contribution < -0.4 is 0 Å². The Labute approximate surface area is 197 Å². The fourth-order valence-corrected chi connectivity index (χ4v) is 5.88. The lowest BCUT2D eigenvalue weighted by molar-refractivity contribution is 0.206. The van der Waals surface area contributed by atoms with Gasteiger partial charge in [0.25, 0.3) is 0 Å². The molecule has 168 valence electrons. The van der Waals surface area contributed by atoms with Gasteiger partial charge in [-0.2, -0.15) is 5.10 Å². The van der Waals surface area contributed by atoms with Gasteiger partial charge in [0.05, 0.1) is 11.2 Å². The first-order valence-corrected chi connectivity index (χ1v) is 12.6. The van der Waals surface area contributed by atoms with Gasteiger partial charge in [0, 0.05) is 40.3 Å². The van der Waals surface area contributed by atoms with Crippen molar-refractivity contribution in [3.8, 4) is 11.3 Å². The molecule has 0 atom stereocenters. The van der Waals surface area contributed by atoms with Crippen molar-refractivity contribution < 1.29 is 0 Å². The molecule has 1 aliphatic heterocycles. The van der Waals surface area contributed by atoms with Crippen LogP contribution >= 0.6 is 11.3 Å². The third kappa shape index (κ3) is 3.85. The van der Waals surface area contributed by atoms with E-state index in [9.17, 15) is 0 Å². The lowest BCUT2D eigenvalue weighted by Crippen LogP contribution is -2.32. The first kappa shape index (κ1) is 20.6. The van der Waals surface area contributed by atoms with E-state index in [0.717, 1.165) is 30.8 Å². The largest absolute Gasteiger partial charge is 0.354 e. The van der Waals surface area contributed by atoms with E-state index in [1.807, 2.05) is 22.3 Å². The molecule has 4 aromatic heterocycles. The molecule has 6 rings (SSSR count). The van der Waals surface area contributed by atoms with Crippen LogP contribution in [0.2, 0.25) is 0 Å².